The van der Waals surface area contributed by atoms with E-state index in [9.17, 15) is 0 Å². The molecule has 20 heavy (non-hydrogen) atoms. The molecular formula is C18H22N2. The van der Waals surface area contributed by atoms with Gasteiger partial charge >= 0.3 is 0 Å². The molecule has 2 atom stereocenters. The van der Waals surface area contributed by atoms with Crippen LogP contribution in [0.1, 0.15) is 18.4 Å². The van der Waals surface area contributed by atoms with Crippen molar-refractivity contribution in [1.82, 2.24) is 10.2 Å². The van der Waals surface area contributed by atoms with E-state index in [-0.39, 0.29) is 0 Å². The number of nitrogens with one attached hydrogen (secondary N) is 1. The van der Waals surface area contributed by atoms with E-state index in [1.165, 1.54) is 48.8 Å². The summed E-state index contributed by atoms with van der Waals surface area (Å²) in [6.45, 7) is 4.83. The lowest BCUT2D eigenvalue weighted by molar-refractivity contribution is 0.156. The average molecular weight is 266 g/mol. The first kappa shape index (κ1) is 12.4. The van der Waals surface area contributed by atoms with E-state index < -0.39 is 0 Å². The second kappa shape index (κ2) is 5.19. The Bertz CT molecular complexity index is 607. The number of nitrogens with zero attached hydrogens (tertiary/aromatic N) is 1. The fraction of sp³-hybridized carbons (Fsp3) is 0.444. The first-order chi connectivity index (χ1) is 9.88. The number of fused-ring (bicyclic) bond motifs is 2. The molecule has 2 nitrogen and oxygen atoms in total. The smallest absolute Gasteiger partial charge is 0.0234 e. The maximum absolute atomic E-state index is 3.64. The molecule has 0 saturated carbocycles. The summed E-state index contributed by atoms with van der Waals surface area (Å²) in [5, 5.41) is 6.35. The third kappa shape index (κ3) is 2.34. The van der Waals surface area contributed by atoms with Crippen LogP contribution in [0.2, 0.25) is 0 Å². The molecule has 0 bridgehead atoms. The van der Waals surface area contributed by atoms with Crippen LogP contribution in [0.4, 0.5) is 0 Å². The Morgan fingerprint density at radius 1 is 1.05 bits per heavy atom. The van der Waals surface area contributed by atoms with Gasteiger partial charge in [-0.15, -0.1) is 0 Å². The number of hydrogen-bond acceptors (Lipinski definition) is 2. The van der Waals surface area contributed by atoms with Gasteiger partial charge in [-0.25, -0.2) is 0 Å². The molecule has 4 rings (SSSR count). The second-order valence-electron chi connectivity index (χ2n) is 6.31. The molecule has 0 spiro atoms. The van der Waals surface area contributed by atoms with Crippen molar-refractivity contribution in [2.24, 2.45) is 5.92 Å². The molecule has 0 aromatic heterocycles. The van der Waals surface area contributed by atoms with Gasteiger partial charge in [0.15, 0.2) is 0 Å². The second-order valence-corrected chi connectivity index (χ2v) is 6.31. The maximum Gasteiger partial charge on any atom is 0.0234 e. The molecule has 2 heterocycles. The Kier molecular flexibility index (Phi) is 3.21. The van der Waals surface area contributed by atoms with Crippen molar-refractivity contribution in [2.75, 3.05) is 19.6 Å². The lowest BCUT2D eigenvalue weighted by atomic mass is 9.93. The van der Waals surface area contributed by atoms with E-state index in [1.807, 2.05) is 0 Å². The number of benzene rings is 2. The number of hydrogen-bond donors (Lipinski definition) is 1. The van der Waals surface area contributed by atoms with Gasteiger partial charge in [0, 0.05) is 19.1 Å². The monoisotopic (exact) mass is 266 g/mol. The molecule has 2 aliphatic heterocycles. The zero-order valence-corrected chi connectivity index (χ0v) is 11.9. The molecular weight excluding hydrogens is 244 g/mol. The SMILES string of the molecule is c1ccc2cc(CN3CCC4NCCC4C3)ccc2c1. The van der Waals surface area contributed by atoms with E-state index in [4.69, 9.17) is 0 Å². The van der Waals surface area contributed by atoms with Crippen molar-refractivity contribution in [2.45, 2.75) is 25.4 Å². The Balaban J connectivity index is 1.49. The van der Waals surface area contributed by atoms with Crippen LogP contribution < -0.4 is 5.32 Å². The average Bonchev–Trinajstić information content (AvgIpc) is 2.95. The minimum absolute atomic E-state index is 0.794. The molecule has 2 unspecified atom stereocenters. The summed E-state index contributed by atoms with van der Waals surface area (Å²) >= 11 is 0. The third-order valence-corrected chi connectivity index (χ3v) is 4.96. The highest BCUT2D eigenvalue weighted by Crippen LogP contribution is 2.26. The van der Waals surface area contributed by atoms with E-state index >= 15 is 0 Å². The Hall–Kier alpha value is -1.38. The molecule has 0 amide bonds. The zero-order chi connectivity index (χ0) is 13.4. The van der Waals surface area contributed by atoms with Gasteiger partial charge in [0.2, 0.25) is 0 Å². The topological polar surface area (TPSA) is 15.3 Å². The minimum atomic E-state index is 0.794. The molecule has 2 aromatic carbocycles. The van der Waals surface area contributed by atoms with Crippen molar-refractivity contribution in [1.29, 1.82) is 0 Å². The molecule has 2 saturated heterocycles. The standard InChI is InChI=1S/C18H22N2/c1-2-4-16-11-14(5-6-15(16)3-1)12-20-10-8-18-17(13-20)7-9-19-18/h1-6,11,17-19H,7-10,12-13H2. The fourth-order valence-electron chi connectivity index (χ4n) is 3.86. The number of rotatable bonds is 2. The predicted molar refractivity (Wildman–Crippen MR) is 83.7 cm³/mol. The predicted octanol–water partition coefficient (Wildman–Crippen LogP) is 3.02. The van der Waals surface area contributed by atoms with Crippen LogP contribution in [0.15, 0.2) is 42.5 Å². The van der Waals surface area contributed by atoms with Crippen molar-refractivity contribution >= 4 is 10.8 Å². The summed E-state index contributed by atoms with van der Waals surface area (Å²) in [5.74, 6) is 0.879. The van der Waals surface area contributed by atoms with Crippen LogP contribution in [-0.2, 0) is 6.54 Å². The van der Waals surface area contributed by atoms with E-state index in [0.717, 1.165) is 18.5 Å². The largest absolute Gasteiger partial charge is 0.314 e. The maximum atomic E-state index is 3.64. The van der Waals surface area contributed by atoms with Crippen LogP contribution in [0.3, 0.4) is 0 Å². The van der Waals surface area contributed by atoms with Crippen molar-refractivity contribution < 1.29 is 0 Å². The van der Waals surface area contributed by atoms with Gasteiger partial charge in [0.25, 0.3) is 0 Å². The van der Waals surface area contributed by atoms with Crippen LogP contribution in [0.25, 0.3) is 10.8 Å². The summed E-state index contributed by atoms with van der Waals surface area (Å²) < 4.78 is 0. The number of likely N-dealkylation sites (tertiary alicyclic amines) is 1. The van der Waals surface area contributed by atoms with Crippen molar-refractivity contribution in [3.8, 4) is 0 Å². The minimum Gasteiger partial charge on any atom is -0.314 e. The molecule has 2 aliphatic rings. The highest BCUT2D eigenvalue weighted by molar-refractivity contribution is 5.82. The zero-order valence-electron chi connectivity index (χ0n) is 11.9. The Morgan fingerprint density at radius 3 is 2.90 bits per heavy atom. The molecule has 2 aromatic rings. The van der Waals surface area contributed by atoms with Crippen molar-refractivity contribution in [3.05, 3.63) is 48.0 Å². The van der Waals surface area contributed by atoms with Crippen molar-refractivity contribution in [3.63, 3.8) is 0 Å². The lowest BCUT2D eigenvalue weighted by Crippen LogP contribution is -2.43. The highest BCUT2D eigenvalue weighted by atomic mass is 15.2. The molecule has 2 fully saturated rings. The summed E-state index contributed by atoms with van der Waals surface area (Å²) in [6.07, 6.45) is 2.68. The molecule has 1 N–H and O–H groups in total. The fourth-order valence-corrected chi connectivity index (χ4v) is 3.86. The molecule has 0 radical (unpaired) electrons. The third-order valence-electron chi connectivity index (χ3n) is 4.96. The van der Waals surface area contributed by atoms with Gasteiger partial charge in [-0.3, -0.25) is 4.90 Å². The van der Waals surface area contributed by atoms with E-state index in [0.29, 0.717) is 0 Å². The summed E-state index contributed by atoms with van der Waals surface area (Å²) in [7, 11) is 0. The van der Waals surface area contributed by atoms with Gasteiger partial charge in [0.1, 0.15) is 0 Å². The van der Waals surface area contributed by atoms with Gasteiger partial charge < -0.3 is 5.32 Å². The summed E-state index contributed by atoms with van der Waals surface area (Å²) in [5.41, 5.74) is 1.45. The first-order valence-corrected chi connectivity index (χ1v) is 7.82. The van der Waals surface area contributed by atoms with Crippen LogP contribution >= 0.6 is 0 Å². The Labute approximate surface area is 120 Å². The van der Waals surface area contributed by atoms with Crippen LogP contribution in [0.5, 0.6) is 0 Å². The first-order valence-electron chi connectivity index (χ1n) is 7.82. The Morgan fingerprint density at radius 2 is 1.95 bits per heavy atom. The summed E-state index contributed by atoms with van der Waals surface area (Å²) in [6, 6.07) is 16.3. The highest BCUT2D eigenvalue weighted by Gasteiger charge is 2.32. The van der Waals surface area contributed by atoms with E-state index in [1.54, 1.807) is 0 Å². The normalized spacial score (nSPS) is 26.8. The van der Waals surface area contributed by atoms with Gasteiger partial charge in [-0.1, -0.05) is 36.4 Å². The number of piperidine rings is 1. The van der Waals surface area contributed by atoms with Crippen LogP contribution in [-0.4, -0.2) is 30.6 Å². The molecule has 0 aliphatic carbocycles. The lowest BCUT2D eigenvalue weighted by Gasteiger charge is -2.34. The van der Waals surface area contributed by atoms with Gasteiger partial charge in [-0.05, 0) is 54.3 Å². The summed E-state index contributed by atoms with van der Waals surface area (Å²) in [4.78, 5) is 2.64. The van der Waals surface area contributed by atoms with Gasteiger partial charge in [0.05, 0.1) is 0 Å². The van der Waals surface area contributed by atoms with Crippen LogP contribution in [0, 0.1) is 5.92 Å². The van der Waals surface area contributed by atoms with Gasteiger partial charge in [-0.2, -0.15) is 0 Å². The quantitative estimate of drug-likeness (QED) is 0.899. The molecule has 2 heteroatoms. The molecule has 104 valence electrons. The van der Waals surface area contributed by atoms with E-state index in [2.05, 4.69) is 52.7 Å².